The molecular formula is C21H28FO4PS. The lowest BCUT2D eigenvalue weighted by molar-refractivity contribution is -0.194. The standard InChI is InChI=1S/C21H28FO4PS/c1-10-6-12-13-8-15(27)14-7-11(23)4-5-20(14,3)21(13,22)16(24)9-19(12,2)17(10)18(25)28-26/h4-5,7,10,12-13,15-17,24,26H,6,8-9,27H2,1-3H3/t10-,12?,13?,15+,16?,17?,19?,20?,21+/m1/s1. The Kier molecular flexibility index (Phi) is 4.79. The number of hydrogen-bond acceptors (Lipinski definition) is 5. The Bertz CT molecular complexity index is 799. The minimum atomic E-state index is -1.89. The van der Waals surface area contributed by atoms with Crippen molar-refractivity contribution >= 4 is 32.2 Å². The Balaban J connectivity index is 1.84. The zero-order valence-corrected chi connectivity index (χ0v) is 18.4. The van der Waals surface area contributed by atoms with Gasteiger partial charge in [-0.15, -0.1) is 9.24 Å². The molecule has 7 heteroatoms. The summed E-state index contributed by atoms with van der Waals surface area (Å²) in [5, 5.41) is 10.9. The fourth-order valence-electron chi connectivity index (χ4n) is 7.26. The van der Waals surface area contributed by atoms with Crippen LogP contribution in [0.15, 0.2) is 23.8 Å². The molecule has 4 aliphatic rings. The van der Waals surface area contributed by atoms with Crippen molar-refractivity contribution in [3.8, 4) is 0 Å². The van der Waals surface area contributed by atoms with E-state index in [-0.39, 0.29) is 46.9 Å². The van der Waals surface area contributed by atoms with Gasteiger partial charge in [-0.2, -0.15) is 0 Å². The SMILES string of the molecule is C[C@@H]1CC2C3C[C@H](P)C4=CC(=O)C=CC4(C)[C@@]3(F)C(O)CC2(C)C1C(=O)SO. The van der Waals surface area contributed by atoms with Gasteiger partial charge in [0.05, 0.1) is 18.1 Å². The van der Waals surface area contributed by atoms with Crippen LogP contribution in [-0.4, -0.2) is 38.0 Å². The summed E-state index contributed by atoms with van der Waals surface area (Å²) in [4.78, 5) is 24.5. The Morgan fingerprint density at radius 1 is 1.32 bits per heavy atom. The minimum Gasteiger partial charge on any atom is -0.390 e. The van der Waals surface area contributed by atoms with E-state index in [2.05, 4.69) is 9.24 Å². The van der Waals surface area contributed by atoms with Crippen LogP contribution in [-0.2, 0) is 9.59 Å². The molecule has 0 aromatic heterocycles. The van der Waals surface area contributed by atoms with Crippen molar-refractivity contribution in [1.82, 2.24) is 0 Å². The van der Waals surface area contributed by atoms with Crippen LogP contribution < -0.4 is 0 Å². The van der Waals surface area contributed by atoms with Crippen LogP contribution in [0.3, 0.4) is 0 Å². The van der Waals surface area contributed by atoms with E-state index in [0.29, 0.717) is 12.8 Å². The Morgan fingerprint density at radius 2 is 2.00 bits per heavy atom. The Hall–Kier alpha value is -0.550. The van der Waals surface area contributed by atoms with Crippen LogP contribution >= 0.6 is 21.3 Å². The highest BCUT2D eigenvalue weighted by Crippen LogP contribution is 2.70. The highest BCUT2D eigenvalue weighted by molar-refractivity contribution is 8.08. The molecule has 4 rings (SSSR count). The molecule has 0 amide bonds. The molecule has 0 bridgehead atoms. The first-order chi connectivity index (χ1) is 13.0. The second-order valence-corrected chi connectivity index (χ2v) is 11.1. The molecule has 0 aliphatic heterocycles. The number of aliphatic hydroxyl groups excluding tert-OH is 1. The lowest BCUT2D eigenvalue weighted by Crippen LogP contribution is -2.68. The molecule has 28 heavy (non-hydrogen) atoms. The molecule has 3 fully saturated rings. The molecule has 2 N–H and O–H groups in total. The normalized spacial score (nSPS) is 52.5. The van der Waals surface area contributed by atoms with Crippen molar-refractivity contribution in [2.75, 3.05) is 0 Å². The number of fused-ring (bicyclic) bond motifs is 5. The average Bonchev–Trinajstić information content (AvgIpc) is 2.89. The molecule has 4 aliphatic carbocycles. The van der Waals surface area contributed by atoms with Crippen molar-refractivity contribution in [3.05, 3.63) is 23.8 Å². The van der Waals surface area contributed by atoms with Gasteiger partial charge >= 0.3 is 0 Å². The molecule has 10 atom stereocenters. The van der Waals surface area contributed by atoms with Crippen molar-refractivity contribution in [1.29, 1.82) is 0 Å². The number of halogens is 1. The number of aliphatic hydroxyl groups is 1. The number of rotatable bonds is 1. The summed E-state index contributed by atoms with van der Waals surface area (Å²) in [7, 11) is 2.76. The van der Waals surface area contributed by atoms with Gasteiger partial charge in [0, 0.05) is 17.3 Å². The number of alkyl halides is 1. The molecule has 0 aromatic rings. The second-order valence-electron chi connectivity index (χ2n) is 9.69. The van der Waals surface area contributed by atoms with E-state index < -0.39 is 34.4 Å². The summed E-state index contributed by atoms with van der Waals surface area (Å²) in [6.45, 7) is 5.76. The minimum absolute atomic E-state index is 0.0212. The van der Waals surface area contributed by atoms with Gasteiger partial charge in [0.15, 0.2) is 11.5 Å². The van der Waals surface area contributed by atoms with Crippen LogP contribution in [0.4, 0.5) is 4.39 Å². The molecule has 4 nitrogen and oxygen atoms in total. The highest BCUT2D eigenvalue weighted by atomic mass is 32.2. The summed E-state index contributed by atoms with van der Waals surface area (Å²) < 4.78 is 26.4. The van der Waals surface area contributed by atoms with Crippen LogP contribution in [0, 0.1) is 34.5 Å². The first-order valence-corrected chi connectivity index (χ1v) is 11.4. The van der Waals surface area contributed by atoms with E-state index in [1.807, 2.05) is 13.8 Å². The Labute approximate surface area is 171 Å². The number of carbonyl (C=O) groups excluding carboxylic acids is 2. The molecule has 0 aromatic carbocycles. The molecule has 0 saturated heterocycles. The van der Waals surface area contributed by atoms with Crippen LogP contribution in [0.25, 0.3) is 0 Å². The predicted octanol–water partition coefficient (Wildman–Crippen LogP) is 3.81. The third-order valence-corrected chi connectivity index (χ3v) is 9.49. The highest BCUT2D eigenvalue weighted by Gasteiger charge is 2.72. The summed E-state index contributed by atoms with van der Waals surface area (Å²) in [6.07, 6.45) is 4.74. The molecule has 0 heterocycles. The van der Waals surface area contributed by atoms with Gasteiger partial charge in [0.2, 0.25) is 5.12 Å². The van der Waals surface area contributed by atoms with E-state index in [1.165, 1.54) is 12.2 Å². The second kappa shape index (κ2) is 6.47. The summed E-state index contributed by atoms with van der Waals surface area (Å²) in [5.41, 5.74) is -2.82. The van der Waals surface area contributed by atoms with Crippen LogP contribution in [0.2, 0.25) is 0 Å². The third kappa shape index (κ3) is 2.41. The smallest absolute Gasteiger partial charge is 0.219 e. The summed E-state index contributed by atoms with van der Waals surface area (Å²) in [6, 6.07) is 0. The first kappa shape index (κ1) is 20.7. The third-order valence-electron chi connectivity index (χ3n) is 8.42. The van der Waals surface area contributed by atoms with Gasteiger partial charge in [-0.1, -0.05) is 19.9 Å². The van der Waals surface area contributed by atoms with E-state index >= 15 is 4.39 Å². The maximum Gasteiger partial charge on any atom is 0.219 e. The maximum absolute atomic E-state index is 17.0. The largest absolute Gasteiger partial charge is 0.390 e. The van der Waals surface area contributed by atoms with Gasteiger partial charge in [0.25, 0.3) is 0 Å². The molecular weight excluding hydrogens is 398 g/mol. The van der Waals surface area contributed by atoms with Gasteiger partial charge in [-0.05, 0) is 66.8 Å². The van der Waals surface area contributed by atoms with Crippen molar-refractivity contribution in [3.63, 3.8) is 0 Å². The number of carbonyl (C=O) groups is 2. The average molecular weight is 426 g/mol. The molecule has 7 unspecified atom stereocenters. The van der Waals surface area contributed by atoms with Gasteiger partial charge < -0.3 is 9.66 Å². The first-order valence-electron chi connectivity index (χ1n) is 9.93. The molecule has 0 spiro atoms. The molecule has 0 radical (unpaired) electrons. The lowest BCUT2D eigenvalue weighted by Gasteiger charge is -2.63. The molecule has 154 valence electrons. The summed E-state index contributed by atoms with van der Waals surface area (Å²) in [5.74, 6) is -1.01. The van der Waals surface area contributed by atoms with E-state index in [4.69, 9.17) is 0 Å². The van der Waals surface area contributed by atoms with Gasteiger partial charge in [-0.3, -0.25) is 9.59 Å². The van der Waals surface area contributed by atoms with E-state index in [9.17, 15) is 19.2 Å². The van der Waals surface area contributed by atoms with Crippen LogP contribution in [0.5, 0.6) is 0 Å². The zero-order chi connectivity index (χ0) is 20.6. The van der Waals surface area contributed by atoms with E-state index in [0.717, 1.165) is 5.57 Å². The zero-order valence-electron chi connectivity index (χ0n) is 16.4. The topological polar surface area (TPSA) is 74.6 Å². The summed E-state index contributed by atoms with van der Waals surface area (Å²) >= 11 is 0.252. The lowest BCUT2D eigenvalue weighted by atomic mass is 9.45. The van der Waals surface area contributed by atoms with Crippen molar-refractivity contribution in [2.45, 2.75) is 57.5 Å². The monoisotopic (exact) mass is 426 g/mol. The fraction of sp³-hybridized carbons (Fsp3) is 0.714. The fourth-order valence-corrected chi connectivity index (χ4v) is 8.61. The maximum atomic E-state index is 17.0. The Morgan fingerprint density at radius 3 is 2.64 bits per heavy atom. The number of allylic oxidation sites excluding steroid dienone is 4. The number of hydrogen-bond donors (Lipinski definition) is 2. The van der Waals surface area contributed by atoms with Crippen LogP contribution in [0.1, 0.15) is 40.0 Å². The molecule has 3 saturated carbocycles. The van der Waals surface area contributed by atoms with Crippen molar-refractivity contribution in [2.24, 2.45) is 34.5 Å². The van der Waals surface area contributed by atoms with Gasteiger partial charge in [-0.25, -0.2) is 4.39 Å². The number of ketones is 1. The van der Waals surface area contributed by atoms with E-state index in [1.54, 1.807) is 13.0 Å². The van der Waals surface area contributed by atoms with Crippen molar-refractivity contribution < 1.29 is 23.6 Å². The predicted molar refractivity (Wildman–Crippen MR) is 110 cm³/mol. The quantitative estimate of drug-likeness (QED) is 0.493. The van der Waals surface area contributed by atoms with Gasteiger partial charge in [0.1, 0.15) is 0 Å².